The molecule has 1 heterocycles. The van der Waals surface area contributed by atoms with E-state index in [0.29, 0.717) is 34.2 Å². The van der Waals surface area contributed by atoms with Gasteiger partial charge in [-0.25, -0.2) is 14.2 Å². The SMILES string of the molecule is COc1cc(Cl)ccc1N=c1scc(-c2ccc(F)cc2)n1CCCN(CCO)C(=O)O. The fourth-order valence-corrected chi connectivity index (χ4v) is 4.29. The lowest BCUT2D eigenvalue weighted by atomic mass is 10.1. The second kappa shape index (κ2) is 11.1. The summed E-state index contributed by atoms with van der Waals surface area (Å²) >= 11 is 7.46. The summed E-state index contributed by atoms with van der Waals surface area (Å²) in [4.78, 5) is 17.9. The molecule has 3 aromatic rings. The smallest absolute Gasteiger partial charge is 0.407 e. The van der Waals surface area contributed by atoms with Crippen LogP contribution in [0.2, 0.25) is 5.02 Å². The van der Waals surface area contributed by atoms with Gasteiger partial charge in [-0.1, -0.05) is 11.6 Å². The summed E-state index contributed by atoms with van der Waals surface area (Å²) < 4.78 is 20.8. The predicted molar refractivity (Wildman–Crippen MR) is 122 cm³/mol. The van der Waals surface area contributed by atoms with Gasteiger partial charge in [-0.05, 0) is 48.4 Å². The Bertz CT molecular complexity index is 1130. The van der Waals surface area contributed by atoms with Crippen LogP contribution in [0.3, 0.4) is 0 Å². The number of hydrogen-bond donors (Lipinski definition) is 2. The van der Waals surface area contributed by atoms with E-state index in [1.54, 1.807) is 37.4 Å². The van der Waals surface area contributed by atoms with Gasteiger partial charge in [0.05, 0.1) is 19.4 Å². The molecule has 2 aromatic carbocycles. The summed E-state index contributed by atoms with van der Waals surface area (Å²) in [5.74, 6) is 0.202. The number of benzene rings is 2. The number of halogens is 2. The Balaban J connectivity index is 1.99. The highest BCUT2D eigenvalue weighted by Crippen LogP contribution is 2.30. The molecule has 0 fully saturated rings. The first-order valence-electron chi connectivity index (χ1n) is 9.84. The minimum absolute atomic E-state index is 0.0493. The Hall–Kier alpha value is -2.88. The van der Waals surface area contributed by atoms with Gasteiger partial charge in [-0.3, -0.25) is 0 Å². The van der Waals surface area contributed by atoms with E-state index in [2.05, 4.69) is 0 Å². The van der Waals surface area contributed by atoms with E-state index in [1.807, 2.05) is 9.95 Å². The standard InChI is InChI=1S/C22H23ClFN3O4S/c1-31-20-13-16(23)5-8-18(20)25-21-27(10-2-9-26(11-12-28)22(29)30)19(14-32-21)15-3-6-17(24)7-4-15/h3-8,13-14,28H,2,9-12H2,1H3,(H,29,30). The van der Waals surface area contributed by atoms with E-state index in [1.165, 1.54) is 28.4 Å². The number of aromatic nitrogens is 1. The molecule has 0 unspecified atom stereocenters. The van der Waals surface area contributed by atoms with E-state index in [4.69, 9.17) is 26.4 Å². The minimum atomic E-state index is -1.08. The monoisotopic (exact) mass is 479 g/mol. The van der Waals surface area contributed by atoms with E-state index in [-0.39, 0.29) is 25.5 Å². The topological polar surface area (TPSA) is 87.3 Å². The first kappa shape index (κ1) is 23.8. The van der Waals surface area contributed by atoms with Gasteiger partial charge in [0, 0.05) is 36.1 Å². The van der Waals surface area contributed by atoms with Crippen molar-refractivity contribution in [3.05, 3.63) is 63.5 Å². The third-order valence-corrected chi connectivity index (χ3v) is 5.84. The van der Waals surface area contributed by atoms with Crippen LogP contribution in [0.5, 0.6) is 5.75 Å². The molecular formula is C22H23ClFN3O4S. The van der Waals surface area contributed by atoms with E-state index in [9.17, 15) is 14.3 Å². The first-order valence-corrected chi connectivity index (χ1v) is 11.1. The summed E-state index contributed by atoms with van der Waals surface area (Å²) in [5, 5.41) is 20.8. The summed E-state index contributed by atoms with van der Waals surface area (Å²) in [5.41, 5.74) is 2.26. The number of rotatable bonds is 9. The molecule has 0 spiro atoms. The van der Waals surface area contributed by atoms with Crippen molar-refractivity contribution < 1.29 is 24.1 Å². The van der Waals surface area contributed by atoms with Crippen molar-refractivity contribution in [1.29, 1.82) is 0 Å². The van der Waals surface area contributed by atoms with E-state index < -0.39 is 6.09 Å². The Kier molecular flexibility index (Phi) is 8.26. The third-order valence-electron chi connectivity index (χ3n) is 4.75. The fraction of sp³-hybridized carbons (Fsp3) is 0.273. The number of nitrogens with zero attached hydrogens (tertiary/aromatic N) is 3. The molecule has 0 aliphatic heterocycles. The average Bonchev–Trinajstić information content (AvgIpc) is 3.17. The highest BCUT2D eigenvalue weighted by Gasteiger charge is 2.13. The van der Waals surface area contributed by atoms with Gasteiger partial charge in [-0.2, -0.15) is 0 Å². The number of carbonyl (C=O) groups is 1. The van der Waals surface area contributed by atoms with Gasteiger partial charge in [0.1, 0.15) is 17.3 Å². The third kappa shape index (κ3) is 5.87. The molecule has 2 N–H and O–H groups in total. The molecule has 0 saturated heterocycles. The number of carboxylic acid groups (broad SMARTS) is 1. The molecule has 0 radical (unpaired) electrons. The van der Waals surface area contributed by atoms with Crippen LogP contribution < -0.4 is 9.54 Å². The summed E-state index contributed by atoms with van der Waals surface area (Å²) in [7, 11) is 1.54. The summed E-state index contributed by atoms with van der Waals surface area (Å²) in [6.07, 6.45) is -0.578. The second-order valence-corrected chi connectivity index (χ2v) is 8.11. The molecule has 0 bridgehead atoms. The van der Waals surface area contributed by atoms with Crippen molar-refractivity contribution in [2.45, 2.75) is 13.0 Å². The normalized spacial score (nSPS) is 11.6. The summed E-state index contributed by atoms with van der Waals surface area (Å²) in [6.45, 7) is 0.536. The minimum Gasteiger partial charge on any atom is -0.494 e. The van der Waals surface area contributed by atoms with Crippen molar-refractivity contribution in [2.24, 2.45) is 4.99 Å². The van der Waals surface area contributed by atoms with Crippen molar-refractivity contribution in [1.82, 2.24) is 9.47 Å². The van der Waals surface area contributed by atoms with Crippen molar-refractivity contribution in [3.63, 3.8) is 0 Å². The molecule has 32 heavy (non-hydrogen) atoms. The van der Waals surface area contributed by atoms with Gasteiger partial charge in [0.2, 0.25) is 0 Å². The lowest BCUT2D eigenvalue weighted by Gasteiger charge is -2.18. The number of hydrogen-bond acceptors (Lipinski definition) is 5. The first-order chi connectivity index (χ1) is 15.4. The van der Waals surface area contributed by atoms with Crippen LogP contribution in [0, 0.1) is 5.82 Å². The van der Waals surface area contributed by atoms with Gasteiger partial charge in [0.15, 0.2) is 4.80 Å². The molecule has 170 valence electrons. The zero-order valence-corrected chi connectivity index (χ0v) is 18.9. The van der Waals surface area contributed by atoms with Crippen LogP contribution in [0.25, 0.3) is 11.3 Å². The fourth-order valence-electron chi connectivity index (χ4n) is 3.18. The molecule has 1 amide bonds. The number of aliphatic hydroxyl groups is 1. The zero-order valence-electron chi connectivity index (χ0n) is 17.4. The highest BCUT2D eigenvalue weighted by atomic mass is 35.5. The Morgan fingerprint density at radius 2 is 2.00 bits per heavy atom. The van der Waals surface area contributed by atoms with Gasteiger partial charge >= 0.3 is 6.09 Å². The second-order valence-electron chi connectivity index (χ2n) is 6.84. The summed E-state index contributed by atoms with van der Waals surface area (Å²) in [6, 6.07) is 11.3. The molecule has 0 saturated carbocycles. The van der Waals surface area contributed by atoms with Crippen LogP contribution in [-0.2, 0) is 6.54 Å². The van der Waals surface area contributed by atoms with Gasteiger partial charge < -0.3 is 24.4 Å². The quantitative estimate of drug-likeness (QED) is 0.469. The van der Waals surface area contributed by atoms with Crippen molar-refractivity contribution in [3.8, 4) is 17.0 Å². The van der Waals surface area contributed by atoms with Crippen LogP contribution in [0.15, 0.2) is 52.8 Å². The maximum atomic E-state index is 13.4. The van der Waals surface area contributed by atoms with Crippen LogP contribution in [0.4, 0.5) is 14.9 Å². The molecular weight excluding hydrogens is 457 g/mol. The van der Waals surface area contributed by atoms with Crippen molar-refractivity contribution >= 4 is 34.7 Å². The maximum absolute atomic E-state index is 13.4. The largest absolute Gasteiger partial charge is 0.494 e. The Morgan fingerprint density at radius 1 is 1.25 bits per heavy atom. The number of ether oxygens (including phenoxy) is 1. The van der Waals surface area contributed by atoms with E-state index in [0.717, 1.165) is 11.3 Å². The van der Waals surface area contributed by atoms with Crippen molar-refractivity contribution in [2.75, 3.05) is 26.8 Å². The molecule has 3 rings (SSSR count). The molecule has 1 aromatic heterocycles. The molecule has 0 atom stereocenters. The average molecular weight is 480 g/mol. The van der Waals surface area contributed by atoms with Crippen LogP contribution in [-0.4, -0.2) is 52.6 Å². The molecule has 0 aliphatic carbocycles. The lowest BCUT2D eigenvalue weighted by molar-refractivity contribution is 0.131. The van der Waals surface area contributed by atoms with E-state index >= 15 is 0 Å². The predicted octanol–water partition coefficient (Wildman–Crippen LogP) is 4.61. The number of aliphatic hydroxyl groups excluding tert-OH is 1. The number of methoxy groups -OCH3 is 1. The Labute approximate surface area is 193 Å². The number of thiazole rings is 1. The lowest BCUT2D eigenvalue weighted by Crippen LogP contribution is -2.34. The molecule has 10 heteroatoms. The molecule has 0 aliphatic rings. The molecule has 7 nitrogen and oxygen atoms in total. The Morgan fingerprint density at radius 3 is 2.66 bits per heavy atom. The van der Waals surface area contributed by atoms with Gasteiger partial charge in [0.25, 0.3) is 0 Å². The zero-order chi connectivity index (χ0) is 23.1. The van der Waals surface area contributed by atoms with Crippen LogP contribution in [0.1, 0.15) is 6.42 Å². The maximum Gasteiger partial charge on any atom is 0.407 e. The highest BCUT2D eigenvalue weighted by molar-refractivity contribution is 7.07. The van der Waals surface area contributed by atoms with Crippen LogP contribution >= 0.6 is 22.9 Å². The van der Waals surface area contributed by atoms with Gasteiger partial charge in [-0.15, -0.1) is 11.3 Å². The number of amides is 1.